The number of aromatic nitrogens is 1. The van der Waals surface area contributed by atoms with Crippen molar-refractivity contribution >= 4 is 44.4 Å². The van der Waals surface area contributed by atoms with Crippen LogP contribution >= 0.6 is 23.1 Å². The highest BCUT2D eigenvalue weighted by Crippen LogP contribution is 2.32. The van der Waals surface area contributed by atoms with Crippen LogP contribution in [-0.2, 0) is 15.3 Å². The first-order valence-electron chi connectivity index (χ1n) is 8.29. The first kappa shape index (κ1) is 17.3. The monoisotopic (exact) mass is 388 g/mol. The lowest BCUT2D eigenvalue weighted by Gasteiger charge is -2.38. The minimum absolute atomic E-state index is 0.0939. The van der Waals surface area contributed by atoms with Crippen LogP contribution in [0, 0.1) is 5.82 Å². The van der Waals surface area contributed by atoms with Gasteiger partial charge in [0.25, 0.3) is 0 Å². The molecule has 7 heteroatoms. The van der Waals surface area contributed by atoms with Crippen LogP contribution in [0.4, 0.5) is 9.52 Å². The Morgan fingerprint density at radius 1 is 1.27 bits per heavy atom. The normalized spacial score (nSPS) is 14.4. The van der Waals surface area contributed by atoms with Gasteiger partial charge >= 0.3 is 5.97 Å². The van der Waals surface area contributed by atoms with Gasteiger partial charge in [0.1, 0.15) is 11.9 Å². The van der Waals surface area contributed by atoms with Gasteiger partial charge in [-0.1, -0.05) is 41.7 Å². The number of esters is 1. The van der Waals surface area contributed by atoms with Crippen molar-refractivity contribution in [3.8, 4) is 0 Å². The summed E-state index contributed by atoms with van der Waals surface area (Å²) in [6.07, 6.45) is -0.0939. The minimum Gasteiger partial charge on any atom is -0.458 e. The molecule has 0 bridgehead atoms. The Labute approximate surface area is 159 Å². The zero-order valence-corrected chi connectivity index (χ0v) is 15.6. The van der Waals surface area contributed by atoms with Gasteiger partial charge in [-0.3, -0.25) is 4.79 Å². The molecule has 2 aromatic carbocycles. The molecule has 2 heterocycles. The molecule has 1 fully saturated rings. The van der Waals surface area contributed by atoms with E-state index >= 15 is 0 Å². The fourth-order valence-electron chi connectivity index (χ4n) is 2.74. The van der Waals surface area contributed by atoms with E-state index in [1.54, 1.807) is 17.8 Å². The van der Waals surface area contributed by atoms with Crippen LogP contribution in [0.1, 0.15) is 5.56 Å². The number of fused-ring (bicyclic) bond motifs is 1. The van der Waals surface area contributed by atoms with E-state index in [2.05, 4.69) is 9.88 Å². The van der Waals surface area contributed by atoms with E-state index < -0.39 is 0 Å². The summed E-state index contributed by atoms with van der Waals surface area (Å²) in [5, 5.41) is 0.844. The third-order valence-electron chi connectivity index (χ3n) is 4.09. The van der Waals surface area contributed by atoms with Gasteiger partial charge in [0, 0.05) is 5.75 Å². The highest BCUT2D eigenvalue weighted by molar-refractivity contribution is 7.99. The Morgan fingerprint density at radius 3 is 2.88 bits per heavy atom. The molecule has 0 spiro atoms. The Balaban J connectivity index is 1.22. The Hall–Kier alpha value is -2.12. The topological polar surface area (TPSA) is 42.4 Å². The zero-order chi connectivity index (χ0) is 17.9. The summed E-state index contributed by atoms with van der Waals surface area (Å²) in [6.45, 7) is 1.27. The molecule has 0 atom stereocenters. The number of thioether (sulfide) groups is 1. The molecule has 0 saturated carbocycles. The van der Waals surface area contributed by atoms with E-state index in [4.69, 9.17) is 4.74 Å². The first-order chi connectivity index (χ1) is 12.7. The lowest BCUT2D eigenvalue weighted by Crippen LogP contribution is -2.53. The van der Waals surface area contributed by atoms with Crippen LogP contribution < -0.4 is 4.90 Å². The van der Waals surface area contributed by atoms with E-state index in [0.29, 0.717) is 18.8 Å². The number of rotatable bonds is 6. The maximum atomic E-state index is 13.3. The summed E-state index contributed by atoms with van der Waals surface area (Å²) in [7, 11) is 0. The highest BCUT2D eigenvalue weighted by atomic mass is 32.2. The quantitative estimate of drug-likeness (QED) is 0.595. The number of nitrogens with zero attached hydrogens (tertiary/aromatic N) is 2. The van der Waals surface area contributed by atoms with Crippen molar-refractivity contribution in [1.29, 1.82) is 0 Å². The Kier molecular flexibility index (Phi) is 5.08. The number of ether oxygens (including phenoxy) is 1. The van der Waals surface area contributed by atoms with Crippen molar-refractivity contribution in [2.45, 2.75) is 11.9 Å². The van der Waals surface area contributed by atoms with Gasteiger partial charge < -0.3 is 9.64 Å². The maximum absolute atomic E-state index is 13.3. The third kappa shape index (κ3) is 3.99. The Morgan fingerprint density at radius 2 is 2.08 bits per heavy atom. The number of hydrogen-bond acceptors (Lipinski definition) is 6. The second-order valence-corrected chi connectivity index (χ2v) is 8.10. The van der Waals surface area contributed by atoms with Gasteiger partial charge in [-0.25, -0.2) is 9.37 Å². The molecule has 4 rings (SSSR count). The number of benzene rings is 2. The molecule has 134 valence electrons. The van der Waals surface area contributed by atoms with Gasteiger partial charge in [-0.05, 0) is 23.8 Å². The molecule has 0 aliphatic carbocycles. The number of thiazole rings is 1. The lowest BCUT2D eigenvalue weighted by molar-refractivity contribution is -0.146. The van der Waals surface area contributed by atoms with E-state index in [-0.39, 0.29) is 17.9 Å². The highest BCUT2D eigenvalue weighted by Gasteiger charge is 2.32. The molecule has 4 nitrogen and oxygen atoms in total. The summed E-state index contributed by atoms with van der Waals surface area (Å²) in [5.41, 5.74) is 2.00. The number of anilines is 1. The van der Waals surface area contributed by atoms with Crippen LogP contribution in [0.2, 0.25) is 0 Å². The van der Waals surface area contributed by atoms with Gasteiger partial charge in [0.05, 0.1) is 29.1 Å². The largest absolute Gasteiger partial charge is 0.458 e. The molecule has 0 N–H and O–H groups in total. The summed E-state index contributed by atoms with van der Waals surface area (Å²) in [6, 6.07) is 14.7. The number of halogens is 1. The molecular weight excluding hydrogens is 371 g/mol. The van der Waals surface area contributed by atoms with Gasteiger partial charge in [0.15, 0.2) is 5.13 Å². The predicted octanol–water partition coefficient (Wildman–Crippen LogP) is 4.10. The number of carbonyl (C=O) groups excluding carboxylic acids is 1. The molecular formula is C19H17FN2O2S2. The van der Waals surface area contributed by atoms with Crippen molar-refractivity contribution in [3.05, 3.63) is 59.9 Å². The van der Waals surface area contributed by atoms with Crippen LogP contribution in [0.25, 0.3) is 10.2 Å². The fourth-order valence-corrected chi connectivity index (χ4v) is 4.51. The minimum atomic E-state index is -0.254. The molecule has 0 radical (unpaired) electrons. The first-order valence-corrected chi connectivity index (χ1v) is 10.3. The van der Waals surface area contributed by atoms with E-state index in [9.17, 15) is 9.18 Å². The van der Waals surface area contributed by atoms with Crippen LogP contribution in [0.15, 0.2) is 48.5 Å². The molecule has 26 heavy (non-hydrogen) atoms. The SMILES string of the molecule is O=C(CSCc1ccccc1)OC1CN(c2nc3ccc(F)cc3s2)C1. The van der Waals surface area contributed by atoms with E-state index in [1.165, 1.54) is 29.0 Å². The summed E-state index contributed by atoms with van der Waals surface area (Å²) in [4.78, 5) is 18.5. The van der Waals surface area contributed by atoms with Crippen LogP contribution in [-0.4, -0.2) is 35.9 Å². The Bertz CT molecular complexity index is 910. The molecule has 1 aromatic heterocycles. The third-order valence-corrected chi connectivity index (χ3v) is 6.14. The summed E-state index contributed by atoms with van der Waals surface area (Å²) < 4.78 is 19.6. The molecule has 1 saturated heterocycles. The summed E-state index contributed by atoms with van der Waals surface area (Å²) in [5.74, 6) is 0.721. The van der Waals surface area contributed by atoms with E-state index in [0.717, 1.165) is 21.1 Å². The number of carbonyl (C=O) groups is 1. The van der Waals surface area contributed by atoms with Crippen molar-refractivity contribution < 1.29 is 13.9 Å². The predicted molar refractivity (Wildman–Crippen MR) is 104 cm³/mol. The zero-order valence-electron chi connectivity index (χ0n) is 13.9. The molecule has 1 aliphatic rings. The fraction of sp³-hybridized carbons (Fsp3) is 0.263. The van der Waals surface area contributed by atoms with Crippen LogP contribution in [0.3, 0.4) is 0 Å². The summed E-state index contributed by atoms with van der Waals surface area (Å²) >= 11 is 3.02. The van der Waals surface area contributed by atoms with Crippen molar-refractivity contribution in [2.24, 2.45) is 0 Å². The molecule has 0 amide bonds. The number of hydrogen-bond donors (Lipinski definition) is 0. The average Bonchev–Trinajstić information content (AvgIpc) is 3.01. The van der Waals surface area contributed by atoms with Crippen molar-refractivity contribution in [2.75, 3.05) is 23.7 Å². The van der Waals surface area contributed by atoms with E-state index in [1.807, 2.05) is 30.3 Å². The maximum Gasteiger partial charge on any atom is 0.316 e. The molecule has 3 aromatic rings. The van der Waals surface area contributed by atoms with Gasteiger partial charge in [-0.15, -0.1) is 11.8 Å². The molecule has 1 aliphatic heterocycles. The second-order valence-electron chi connectivity index (χ2n) is 6.10. The lowest BCUT2D eigenvalue weighted by atomic mass is 10.2. The van der Waals surface area contributed by atoms with Crippen molar-refractivity contribution in [3.63, 3.8) is 0 Å². The van der Waals surface area contributed by atoms with Gasteiger partial charge in [0.2, 0.25) is 0 Å². The van der Waals surface area contributed by atoms with Gasteiger partial charge in [-0.2, -0.15) is 0 Å². The van der Waals surface area contributed by atoms with Crippen molar-refractivity contribution in [1.82, 2.24) is 4.98 Å². The van der Waals surface area contributed by atoms with Crippen LogP contribution in [0.5, 0.6) is 0 Å². The average molecular weight is 388 g/mol. The standard InChI is InChI=1S/C19H17FN2O2S2/c20-14-6-7-16-17(8-14)26-19(21-16)22-9-15(10-22)24-18(23)12-25-11-13-4-2-1-3-5-13/h1-8,15H,9-12H2. The molecule has 0 unspecified atom stereocenters. The smallest absolute Gasteiger partial charge is 0.316 e. The second kappa shape index (κ2) is 7.63.